The zero-order valence-corrected chi connectivity index (χ0v) is 12.9. The molecule has 3 nitrogen and oxygen atoms in total. The summed E-state index contributed by atoms with van der Waals surface area (Å²) in [6.07, 6.45) is 4.74. The number of aliphatic hydroxyl groups is 1. The lowest BCUT2D eigenvalue weighted by Crippen LogP contribution is -2.52. The summed E-state index contributed by atoms with van der Waals surface area (Å²) >= 11 is 0. The van der Waals surface area contributed by atoms with Gasteiger partial charge < -0.3 is 10.4 Å². The molecular weight excluding hydrogens is 224 g/mol. The predicted molar refractivity (Wildman–Crippen MR) is 77.9 cm³/mol. The molecule has 0 amide bonds. The van der Waals surface area contributed by atoms with Crippen molar-refractivity contribution >= 4 is 0 Å². The van der Waals surface area contributed by atoms with Gasteiger partial charge in [-0.15, -0.1) is 0 Å². The van der Waals surface area contributed by atoms with Crippen molar-refractivity contribution in [2.45, 2.75) is 84.0 Å². The minimum atomic E-state index is -0.124. The van der Waals surface area contributed by atoms with Gasteiger partial charge in [0.15, 0.2) is 0 Å². The van der Waals surface area contributed by atoms with Crippen LogP contribution in [0.2, 0.25) is 0 Å². The smallest absolute Gasteiger partial charge is 0.0611 e. The van der Waals surface area contributed by atoms with Gasteiger partial charge in [0.2, 0.25) is 0 Å². The highest BCUT2D eigenvalue weighted by Gasteiger charge is 2.34. The summed E-state index contributed by atoms with van der Waals surface area (Å²) < 4.78 is 0. The molecule has 1 fully saturated rings. The lowest BCUT2D eigenvalue weighted by atomic mass is 9.93. The standard InChI is InChI=1S/C15H32N2O/c1-6-9-17(12(2)3)13(4)10-15(5,11-18)16-14-7-8-14/h12-14,16,18H,6-11H2,1-5H3. The monoisotopic (exact) mass is 256 g/mol. The van der Waals surface area contributed by atoms with Crippen molar-refractivity contribution < 1.29 is 5.11 Å². The van der Waals surface area contributed by atoms with Gasteiger partial charge in [0.05, 0.1) is 6.61 Å². The third kappa shape index (κ3) is 4.87. The van der Waals surface area contributed by atoms with E-state index < -0.39 is 0 Å². The summed E-state index contributed by atoms with van der Waals surface area (Å²) in [6, 6.07) is 1.73. The van der Waals surface area contributed by atoms with Crippen LogP contribution >= 0.6 is 0 Å². The lowest BCUT2D eigenvalue weighted by molar-refractivity contribution is 0.0957. The Balaban J connectivity index is 2.54. The second-order valence-corrected chi connectivity index (χ2v) is 6.52. The maximum Gasteiger partial charge on any atom is 0.0611 e. The van der Waals surface area contributed by atoms with Gasteiger partial charge in [0, 0.05) is 23.7 Å². The summed E-state index contributed by atoms with van der Waals surface area (Å²) in [7, 11) is 0. The molecule has 0 aromatic carbocycles. The van der Waals surface area contributed by atoms with E-state index in [2.05, 4.69) is 44.8 Å². The molecule has 0 saturated heterocycles. The average molecular weight is 256 g/mol. The first-order valence-corrected chi connectivity index (χ1v) is 7.56. The van der Waals surface area contributed by atoms with Crippen LogP contribution in [0, 0.1) is 0 Å². The Morgan fingerprint density at radius 1 is 1.33 bits per heavy atom. The summed E-state index contributed by atoms with van der Waals surface area (Å²) in [5.41, 5.74) is -0.124. The Morgan fingerprint density at radius 3 is 2.33 bits per heavy atom. The first kappa shape index (κ1) is 15.9. The van der Waals surface area contributed by atoms with Crippen LogP contribution in [0.15, 0.2) is 0 Å². The van der Waals surface area contributed by atoms with Crippen molar-refractivity contribution in [2.24, 2.45) is 0 Å². The van der Waals surface area contributed by atoms with E-state index >= 15 is 0 Å². The van der Waals surface area contributed by atoms with E-state index in [-0.39, 0.29) is 12.1 Å². The molecule has 0 radical (unpaired) electrons. The zero-order chi connectivity index (χ0) is 13.8. The van der Waals surface area contributed by atoms with Crippen LogP contribution in [-0.2, 0) is 0 Å². The molecule has 0 bridgehead atoms. The predicted octanol–water partition coefficient (Wildman–Crippen LogP) is 2.39. The van der Waals surface area contributed by atoms with Gasteiger partial charge in [-0.2, -0.15) is 0 Å². The van der Waals surface area contributed by atoms with Crippen molar-refractivity contribution in [3.63, 3.8) is 0 Å². The zero-order valence-electron chi connectivity index (χ0n) is 12.9. The quantitative estimate of drug-likeness (QED) is 0.665. The fourth-order valence-electron chi connectivity index (χ4n) is 2.90. The van der Waals surface area contributed by atoms with Crippen LogP contribution < -0.4 is 5.32 Å². The highest BCUT2D eigenvalue weighted by Crippen LogP contribution is 2.26. The van der Waals surface area contributed by atoms with Gasteiger partial charge in [-0.3, -0.25) is 4.90 Å². The summed E-state index contributed by atoms with van der Waals surface area (Å²) in [5.74, 6) is 0. The molecule has 3 heteroatoms. The molecule has 2 atom stereocenters. The molecule has 1 saturated carbocycles. The van der Waals surface area contributed by atoms with E-state index in [0.717, 1.165) is 13.0 Å². The Kier molecular flexibility index (Phi) is 6.09. The van der Waals surface area contributed by atoms with Crippen molar-refractivity contribution in [1.82, 2.24) is 10.2 Å². The molecule has 1 aliphatic carbocycles. The third-order valence-electron chi connectivity index (χ3n) is 3.94. The fourth-order valence-corrected chi connectivity index (χ4v) is 2.90. The van der Waals surface area contributed by atoms with Gasteiger partial charge in [-0.05, 0) is 59.9 Å². The molecule has 2 N–H and O–H groups in total. The minimum absolute atomic E-state index is 0.124. The second-order valence-electron chi connectivity index (χ2n) is 6.52. The van der Waals surface area contributed by atoms with Gasteiger partial charge in [-0.1, -0.05) is 6.92 Å². The Labute approximate surface area is 113 Å². The third-order valence-corrected chi connectivity index (χ3v) is 3.94. The molecule has 0 heterocycles. The maximum atomic E-state index is 9.68. The molecule has 108 valence electrons. The minimum Gasteiger partial charge on any atom is -0.394 e. The van der Waals surface area contributed by atoms with Crippen LogP contribution in [0.25, 0.3) is 0 Å². The van der Waals surface area contributed by atoms with Crippen LogP contribution in [0.3, 0.4) is 0 Å². The van der Waals surface area contributed by atoms with Crippen molar-refractivity contribution in [3.05, 3.63) is 0 Å². The normalized spacial score (nSPS) is 21.3. The topological polar surface area (TPSA) is 35.5 Å². The lowest BCUT2D eigenvalue weighted by Gasteiger charge is -2.39. The van der Waals surface area contributed by atoms with Crippen LogP contribution in [0.5, 0.6) is 0 Å². The van der Waals surface area contributed by atoms with Gasteiger partial charge in [0.1, 0.15) is 0 Å². The summed E-state index contributed by atoms with van der Waals surface area (Å²) in [5, 5.41) is 13.3. The van der Waals surface area contributed by atoms with E-state index in [1.807, 2.05) is 0 Å². The van der Waals surface area contributed by atoms with Gasteiger partial charge in [0.25, 0.3) is 0 Å². The number of rotatable bonds is 9. The number of hydrogen-bond acceptors (Lipinski definition) is 3. The first-order chi connectivity index (χ1) is 8.41. The first-order valence-electron chi connectivity index (χ1n) is 7.56. The highest BCUT2D eigenvalue weighted by molar-refractivity contribution is 4.94. The molecule has 2 unspecified atom stereocenters. The molecule has 0 spiro atoms. The number of hydrogen-bond donors (Lipinski definition) is 2. The van der Waals surface area contributed by atoms with E-state index in [0.29, 0.717) is 18.1 Å². The summed E-state index contributed by atoms with van der Waals surface area (Å²) in [4.78, 5) is 2.54. The molecule has 0 aromatic rings. The Morgan fingerprint density at radius 2 is 1.94 bits per heavy atom. The van der Waals surface area contributed by atoms with Gasteiger partial charge in [-0.25, -0.2) is 0 Å². The van der Waals surface area contributed by atoms with E-state index in [1.165, 1.54) is 19.3 Å². The molecule has 1 aliphatic rings. The SMILES string of the molecule is CCCN(C(C)C)C(C)CC(C)(CO)NC1CC1. The fraction of sp³-hybridized carbons (Fsp3) is 1.00. The molecule has 0 aliphatic heterocycles. The van der Waals surface area contributed by atoms with Crippen LogP contribution in [0.1, 0.15) is 60.3 Å². The number of aliphatic hydroxyl groups excluding tert-OH is 1. The van der Waals surface area contributed by atoms with Crippen molar-refractivity contribution in [3.8, 4) is 0 Å². The number of nitrogens with zero attached hydrogens (tertiary/aromatic N) is 1. The average Bonchev–Trinajstić information content (AvgIpc) is 3.08. The largest absolute Gasteiger partial charge is 0.394 e. The molecule has 1 rings (SSSR count). The van der Waals surface area contributed by atoms with Crippen molar-refractivity contribution in [1.29, 1.82) is 0 Å². The van der Waals surface area contributed by atoms with Crippen molar-refractivity contribution in [2.75, 3.05) is 13.2 Å². The van der Waals surface area contributed by atoms with Crippen LogP contribution in [-0.4, -0.2) is 46.8 Å². The number of nitrogens with one attached hydrogen (secondary N) is 1. The molecule has 18 heavy (non-hydrogen) atoms. The maximum absolute atomic E-state index is 9.68. The summed E-state index contributed by atoms with van der Waals surface area (Å²) in [6.45, 7) is 12.6. The molecule has 0 aromatic heterocycles. The molecular formula is C15H32N2O. The van der Waals surface area contributed by atoms with E-state index in [1.54, 1.807) is 0 Å². The van der Waals surface area contributed by atoms with Crippen LogP contribution in [0.4, 0.5) is 0 Å². The van der Waals surface area contributed by atoms with E-state index in [4.69, 9.17) is 0 Å². The Hall–Kier alpha value is -0.120. The highest BCUT2D eigenvalue weighted by atomic mass is 16.3. The Bertz CT molecular complexity index is 241. The van der Waals surface area contributed by atoms with E-state index in [9.17, 15) is 5.11 Å². The second kappa shape index (κ2) is 6.88. The van der Waals surface area contributed by atoms with Gasteiger partial charge >= 0.3 is 0 Å².